The van der Waals surface area contributed by atoms with E-state index in [9.17, 15) is 4.39 Å². The summed E-state index contributed by atoms with van der Waals surface area (Å²) in [5, 5.41) is 7.62. The molecule has 0 bridgehead atoms. The molecule has 20 heavy (non-hydrogen) atoms. The molecule has 108 valence electrons. The Morgan fingerprint density at radius 1 is 1.20 bits per heavy atom. The summed E-state index contributed by atoms with van der Waals surface area (Å²) in [6, 6.07) is 4.62. The van der Waals surface area contributed by atoms with Crippen molar-refractivity contribution in [3.8, 4) is 0 Å². The first-order valence-electron chi connectivity index (χ1n) is 7.47. The zero-order valence-corrected chi connectivity index (χ0v) is 11.7. The largest absolute Gasteiger partial charge is 0.384 e. The number of nitrogens with two attached hydrogens (primary N) is 1. The van der Waals surface area contributed by atoms with Crippen LogP contribution < -0.4 is 5.73 Å². The van der Waals surface area contributed by atoms with Gasteiger partial charge in [-0.05, 0) is 55.2 Å². The van der Waals surface area contributed by atoms with Crippen LogP contribution in [-0.2, 0) is 6.54 Å². The molecule has 3 N–H and O–H groups in total. The lowest BCUT2D eigenvalue weighted by molar-refractivity contribution is 0.244. The second kappa shape index (κ2) is 5.52. The molecule has 4 heteroatoms. The molecule has 2 aliphatic rings. The normalized spacial score (nSPS) is 18.5. The summed E-state index contributed by atoms with van der Waals surface area (Å²) < 4.78 is 13.3. The van der Waals surface area contributed by atoms with Gasteiger partial charge in [0.2, 0.25) is 0 Å². The van der Waals surface area contributed by atoms with Gasteiger partial charge in [0.25, 0.3) is 0 Å². The molecule has 2 fully saturated rings. The molecule has 0 unspecified atom stereocenters. The van der Waals surface area contributed by atoms with E-state index in [-0.39, 0.29) is 11.7 Å². The number of nitrogen functional groups attached to an aromatic ring is 1. The van der Waals surface area contributed by atoms with Crippen LogP contribution in [0.15, 0.2) is 18.2 Å². The molecule has 2 aliphatic carbocycles. The first-order valence-corrected chi connectivity index (χ1v) is 7.47. The summed E-state index contributed by atoms with van der Waals surface area (Å²) in [5.74, 6) is 1.32. The Morgan fingerprint density at radius 2 is 1.80 bits per heavy atom. The molecule has 0 saturated heterocycles. The highest BCUT2D eigenvalue weighted by Gasteiger charge is 2.29. The summed E-state index contributed by atoms with van der Waals surface area (Å²) in [7, 11) is 0. The van der Waals surface area contributed by atoms with Gasteiger partial charge in [-0.25, -0.2) is 4.39 Å². The van der Waals surface area contributed by atoms with E-state index < -0.39 is 0 Å². The first kappa shape index (κ1) is 13.6. The molecule has 2 saturated carbocycles. The molecule has 1 aromatic carbocycles. The molecule has 0 heterocycles. The van der Waals surface area contributed by atoms with Crippen molar-refractivity contribution < 1.29 is 4.39 Å². The molecule has 0 amide bonds. The van der Waals surface area contributed by atoms with E-state index >= 15 is 0 Å². The van der Waals surface area contributed by atoms with Crippen molar-refractivity contribution in [3.63, 3.8) is 0 Å². The lowest BCUT2D eigenvalue weighted by Crippen LogP contribution is -2.29. The smallest absolute Gasteiger partial charge is 0.123 e. The number of nitrogens with one attached hydrogen (secondary N) is 1. The van der Waals surface area contributed by atoms with Gasteiger partial charge in [0, 0.05) is 25.2 Å². The van der Waals surface area contributed by atoms with Gasteiger partial charge in [-0.1, -0.05) is 6.07 Å². The Morgan fingerprint density at radius 3 is 2.30 bits per heavy atom. The van der Waals surface area contributed by atoms with Gasteiger partial charge in [0.1, 0.15) is 11.7 Å². The molecule has 1 aromatic rings. The third kappa shape index (κ3) is 3.57. The maximum atomic E-state index is 13.3. The summed E-state index contributed by atoms with van der Waals surface area (Å²) in [4.78, 5) is 2.47. The number of hydrogen-bond donors (Lipinski definition) is 2. The highest BCUT2D eigenvalue weighted by molar-refractivity contribution is 5.96. The molecule has 0 aliphatic heterocycles. The zero-order chi connectivity index (χ0) is 14.1. The highest BCUT2D eigenvalue weighted by Crippen LogP contribution is 2.34. The summed E-state index contributed by atoms with van der Waals surface area (Å²) in [6.07, 6.45) is 5.35. The molecule has 3 nitrogen and oxygen atoms in total. The molecular formula is C16H22FN3. The van der Waals surface area contributed by atoms with Crippen LogP contribution in [0.2, 0.25) is 0 Å². The fourth-order valence-electron chi connectivity index (χ4n) is 2.71. The van der Waals surface area contributed by atoms with Crippen LogP contribution >= 0.6 is 0 Å². The average molecular weight is 275 g/mol. The number of halogens is 1. The van der Waals surface area contributed by atoms with Gasteiger partial charge in [-0.2, -0.15) is 0 Å². The maximum absolute atomic E-state index is 13.3. The second-order valence-corrected chi connectivity index (χ2v) is 6.30. The van der Waals surface area contributed by atoms with E-state index in [0.29, 0.717) is 5.56 Å². The van der Waals surface area contributed by atoms with E-state index in [1.807, 2.05) is 0 Å². The minimum atomic E-state index is -0.324. The monoisotopic (exact) mass is 275 g/mol. The van der Waals surface area contributed by atoms with Crippen molar-refractivity contribution in [2.24, 2.45) is 17.6 Å². The van der Waals surface area contributed by atoms with Crippen LogP contribution in [0.1, 0.15) is 36.8 Å². The van der Waals surface area contributed by atoms with Gasteiger partial charge in [0.05, 0.1) is 0 Å². The lowest BCUT2D eigenvalue weighted by Gasteiger charge is -2.23. The Balaban J connectivity index is 1.73. The van der Waals surface area contributed by atoms with Crippen LogP contribution in [0.25, 0.3) is 0 Å². The van der Waals surface area contributed by atoms with Gasteiger partial charge in [-0.15, -0.1) is 0 Å². The van der Waals surface area contributed by atoms with E-state index in [1.165, 1.54) is 37.8 Å². The Hall–Kier alpha value is -1.42. The van der Waals surface area contributed by atoms with Crippen LogP contribution in [0.5, 0.6) is 0 Å². The molecule has 0 radical (unpaired) electrons. The maximum Gasteiger partial charge on any atom is 0.123 e. The Labute approximate surface area is 119 Å². The Kier molecular flexibility index (Phi) is 3.74. The van der Waals surface area contributed by atoms with E-state index in [1.54, 1.807) is 6.07 Å². The van der Waals surface area contributed by atoms with Crippen molar-refractivity contribution >= 4 is 5.84 Å². The van der Waals surface area contributed by atoms with Crippen molar-refractivity contribution in [3.05, 3.63) is 35.1 Å². The second-order valence-electron chi connectivity index (χ2n) is 6.30. The standard InChI is InChI=1S/C16H22FN3/c17-14-6-5-13(15(7-14)16(18)19)10-20(8-11-1-2-11)9-12-3-4-12/h5-7,11-12H,1-4,8-10H2,(H3,18,19). The highest BCUT2D eigenvalue weighted by atomic mass is 19.1. The van der Waals surface area contributed by atoms with Crippen LogP contribution in [0, 0.1) is 23.1 Å². The predicted molar refractivity (Wildman–Crippen MR) is 78.1 cm³/mol. The Bertz CT molecular complexity index is 492. The molecule has 0 atom stereocenters. The number of hydrogen-bond acceptors (Lipinski definition) is 2. The van der Waals surface area contributed by atoms with Crippen LogP contribution in [0.3, 0.4) is 0 Å². The van der Waals surface area contributed by atoms with Gasteiger partial charge >= 0.3 is 0 Å². The lowest BCUT2D eigenvalue weighted by atomic mass is 10.1. The molecule has 0 spiro atoms. The van der Waals surface area contributed by atoms with Gasteiger partial charge in [0.15, 0.2) is 0 Å². The van der Waals surface area contributed by atoms with Gasteiger partial charge in [-0.3, -0.25) is 10.3 Å². The summed E-state index contributed by atoms with van der Waals surface area (Å²) in [5.41, 5.74) is 7.10. The molecule has 3 rings (SSSR count). The number of amidine groups is 1. The number of rotatable bonds is 7. The third-order valence-corrected chi connectivity index (χ3v) is 4.18. The quantitative estimate of drug-likeness (QED) is 0.594. The van der Waals surface area contributed by atoms with Gasteiger partial charge < -0.3 is 5.73 Å². The number of benzene rings is 1. The zero-order valence-electron chi connectivity index (χ0n) is 11.7. The summed E-state index contributed by atoms with van der Waals surface area (Å²) >= 11 is 0. The van der Waals surface area contributed by atoms with Crippen molar-refractivity contribution in [1.82, 2.24) is 4.90 Å². The average Bonchev–Trinajstić information content (AvgIpc) is 3.27. The predicted octanol–water partition coefficient (Wildman–Crippen LogP) is 2.73. The number of nitrogens with zero attached hydrogens (tertiary/aromatic N) is 1. The SMILES string of the molecule is N=C(N)c1cc(F)ccc1CN(CC1CC1)CC1CC1. The van der Waals surface area contributed by atoms with Crippen molar-refractivity contribution in [2.45, 2.75) is 32.2 Å². The topological polar surface area (TPSA) is 53.1 Å². The van der Waals surface area contributed by atoms with Crippen molar-refractivity contribution in [2.75, 3.05) is 13.1 Å². The fraction of sp³-hybridized carbons (Fsp3) is 0.562. The summed E-state index contributed by atoms with van der Waals surface area (Å²) in [6.45, 7) is 3.04. The van der Waals surface area contributed by atoms with Crippen LogP contribution in [-0.4, -0.2) is 23.8 Å². The molecule has 0 aromatic heterocycles. The van der Waals surface area contributed by atoms with Crippen molar-refractivity contribution in [1.29, 1.82) is 5.41 Å². The van der Waals surface area contributed by atoms with E-state index in [4.69, 9.17) is 11.1 Å². The van der Waals surface area contributed by atoms with E-state index in [0.717, 1.165) is 37.0 Å². The van der Waals surface area contributed by atoms with E-state index in [2.05, 4.69) is 4.90 Å². The van der Waals surface area contributed by atoms with Crippen LogP contribution in [0.4, 0.5) is 4.39 Å². The first-order chi connectivity index (χ1) is 9.61. The fourth-order valence-corrected chi connectivity index (χ4v) is 2.71. The minimum absolute atomic E-state index is 0.0442. The third-order valence-electron chi connectivity index (χ3n) is 4.18. The molecular weight excluding hydrogens is 253 g/mol. The minimum Gasteiger partial charge on any atom is -0.384 e.